The Morgan fingerprint density at radius 2 is 1.24 bits per heavy atom. The predicted octanol–water partition coefficient (Wildman–Crippen LogP) is 9.54. The molecule has 2 aliphatic rings. The van der Waals surface area contributed by atoms with Crippen molar-refractivity contribution >= 4 is 12.6 Å². The van der Waals surface area contributed by atoms with E-state index in [0.29, 0.717) is 0 Å². The molecular weight excluding hydrogens is 578 g/mol. The summed E-state index contributed by atoms with van der Waals surface area (Å²) in [6, 6.07) is 15.9. The van der Waals surface area contributed by atoms with Crippen LogP contribution in [0.3, 0.4) is 0 Å². The number of ether oxygens (including phenoxy) is 2. The van der Waals surface area contributed by atoms with Gasteiger partial charge in [0.1, 0.15) is 0 Å². The summed E-state index contributed by atoms with van der Waals surface area (Å²) in [5.74, 6) is 1.92. The molecule has 4 heteroatoms. The van der Waals surface area contributed by atoms with Crippen molar-refractivity contribution in [2.24, 2.45) is 0 Å². The Morgan fingerprint density at radius 1 is 0.737 bits per heavy atom. The summed E-state index contributed by atoms with van der Waals surface area (Å²) < 4.78 is 13.0. The first-order chi connectivity index (χ1) is 18.0. The fourth-order valence-corrected chi connectivity index (χ4v) is 14.4. The molecule has 0 bridgehead atoms. The Balaban J connectivity index is 0.00000400. The van der Waals surface area contributed by atoms with Crippen molar-refractivity contribution in [2.75, 3.05) is 6.16 Å². The third-order valence-corrected chi connectivity index (χ3v) is 15.2. The van der Waals surface area contributed by atoms with Crippen LogP contribution in [0.1, 0.15) is 98.8 Å². The van der Waals surface area contributed by atoms with Crippen molar-refractivity contribution in [3.63, 3.8) is 0 Å². The molecule has 0 aromatic heterocycles. The maximum atomic E-state index is 6.48. The summed E-state index contributed by atoms with van der Waals surface area (Å²) in [6.07, 6.45) is 20.4. The monoisotopic (exact) mass is 628 g/mol. The average Bonchev–Trinajstić information content (AvgIpc) is 2.90. The van der Waals surface area contributed by atoms with Crippen LogP contribution < -0.4 is 14.8 Å². The van der Waals surface area contributed by atoms with E-state index in [1.807, 2.05) is 0 Å². The predicted molar refractivity (Wildman–Crippen MR) is 165 cm³/mol. The maximum Gasteiger partial charge on any atom is 2.00 e. The van der Waals surface area contributed by atoms with Crippen LogP contribution in [0, 0.1) is 0 Å². The molecule has 0 atom stereocenters. The van der Waals surface area contributed by atoms with Gasteiger partial charge in [-0.05, 0) is 0 Å². The van der Waals surface area contributed by atoms with Crippen LogP contribution in [0.15, 0.2) is 54.6 Å². The van der Waals surface area contributed by atoms with Gasteiger partial charge in [0.15, 0.2) is 0 Å². The normalized spacial score (nSPS) is 18.1. The fourth-order valence-electron chi connectivity index (χ4n) is 7.35. The zero-order valence-electron chi connectivity index (χ0n) is 24.4. The molecule has 0 N–H and O–H groups in total. The van der Waals surface area contributed by atoms with Gasteiger partial charge in [-0.25, -0.2) is 0 Å². The number of allylic oxidation sites excluding steroid dienone is 2. The summed E-state index contributed by atoms with van der Waals surface area (Å²) in [4.78, 5) is 0. The van der Waals surface area contributed by atoms with Gasteiger partial charge < -0.3 is 0 Å². The van der Waals surface area contributed by atoms with E-state index in [9.17, 15) is 0 Å². The minimum absolute atomic E-state index is 0. The van der Waals surface area contributed by atoms with Crippen LogP contribution in [0.4, 0.5) is 0 Å². The van der Waals surface area contributed by atoms with Gasteiger partial charge in [0.25, 0.3) is 0 Å². The molecular formula is C34H51O2PPd+2. The standard InChI is InChI=1S/C34H51O2P.Pd/c1-6-7-25-37(28-17-10-8-11-18-28,29-19-12-9-13-20-29)33-24-15-14-21-30(33)34-31(35-26(2)3)22-16-23-32(34)36-27(4)5;/h6-7,14-16,21-24,26-29,37H,8-13,17-20,25H2,1-5H3;/q;+2. The molecule has 2 nitrogen and oxygen atoms in total. The molecule has 2 aliphatic carbocycles. The number of hydrogen-bond donors (Lipinski definition) is 0. The topological polar surface area (TPSA) is 18.5 Å². The molecule has 0 unspecified atom stereocenters. The Labute approximate surface area is 247 Å². The van der Waals surface area contributed by atoms with Crippen molar-refractivity contribution in [1.29, 1.82) is 0 Å². The third kappa shape index (κ3) is 7.14. The summed E-state index contributed by atoms with van der Waals surface area (Å²) in [5.41, 5.74) is 4.26. The van der Waals surface area contributed by atoms with Crippen LogP contribution >= 0.6 is 7.26 Å². The summed E-state index contributed by atoms with van der Waals surface area (Å²) in [7, 11) is -1.94. The van der Waals surface area contributed by atoms with E-state index in [0.717, 1.165) is 22.8 Å². The van der Waals surface area contributed by atoms with Gasteiger partial charge in [-0.3, -0.25) is 0 Å². The van der Waals surface area contributed by atoms with Gasteiger partial charge in [0.2, 0.25) is 0 Å². The average molecular weight is 629 g/mol. The Kier molecular flexibility index (Phi) is 12.4. The van der Waals surface area contributed by atoms with E-state index >= 15 is 0 Å². The molecule has 0 amide bonds. The second-order valence-electron chi connectivity index (χ2n) is 12.0. The van der Waals surface area contributed by atoms with E-state index in [2.05, 4.69) is 89.2 Å². The second kappa shape index (κ2) is 15.0. The summed E-state index contributed by atoms with van der Waals surface area (Å²) >= 11 is 0. The van der Waals surface area contributed by atoms with Gasteiger partial charge in [-0.1, -0.05) is 0 Å². The quantitative estimate of drug-likeness (QED) is 0.148. The van der Waals surface area contributed by atoms with Crippen LogP contribution in [0.2, 0.25) is 0 Å². The first kappa shape index (κ1) is 31.4. The number of benzene rings is 2. The molecule has 4 rings (SSSR count). The summed E-state index contributed by atoms with van der Waals surface area (Å²) in [5, 5.41) is 1.67. The molecule has 0 saturated heterocycles. The van der Waals surface area contributed by atoms with E-state index in [1.54, 1.807) is 5.30 Å². The molecule has 2 aromatic rings. The van der Waals surface area contributed by atoms with Gasteiger partial charge in [-0.2, -0.15) is 0 Å². The van der Waals surface area contributed by atoms with Crippen molar-refractivity contribution < 1.29 is 29.9 Å². The van der Waals surface area contributed by atoms with Crippen molar-refractivity contribution in [3.8, 4) is 22.6 Å². The minimum Gasteiger partial charge on any atom is 2.00 e. The fraction of sp³-hybridized carbons (Fsp3) is 0.588. The maximum absolute atomic E-state index is 6.48. The Hall–Kier alpha value is -1.13. The van der Waals surface area contributed by atoms with E-state index in [-0.39, 0.29) is 32.6 Å². The molecule has 2 aromatic carbocycles. The zero-order valence-corrected chi connectivity index (χ0v) is 27.0. The molecule has 2 saturated carbocycles. The van der Waals surface area contributed by atoms with Gasteiger partial charge in [0, 0.05) is 0 Å². The first-order valence-corrected chi connectivity index (χ1v) is 17.5. The van der Waals surface area contributed by atoms with Crippen LogP contribution in [-0.2, 0) is 20.4 Å². The van der Waals surface area contributed by atoms with Crippen molar-refractivity contribution in [2.45, 2.75) is 122 Å². The largest absolute Gasteiger partial charge is 2.00 e. The van der Waals surface area contributed by atoms with Crippen LogP contribution in [0.25, 0.3) is 11.1 Å². The Morgan fingerprint density at radius 3 is 1.71 bits per heavy atom. The van der Waals surface area contributed by atoms with Crippen molar-refractivity contribution in [1.82, 2.24) is 0 Å². The van der Waals surface area contributed by atoms with E-state index in [4.69, 9.17) is 9.47 Å². The summed E-state index contributed by atoms with van der Waals surface area (Å²) in [6.45, 7) is 10.7. The molecule has 0 radical (unpaired) electrons. The van der Waals surface area contributed by atoms with Gasteiger partial charge in [0.05, 0.1) is 0 Å². The Bertz CT molecular complexity index is 973. The molecule has 0 aliphatic heterocycles. The van der Waals surface area contributed by atoms with Crippen LogP contribution in [0.5, 0.6) is 11.5 Å². The number of rotatable bonds is 10. The van der Waals surface area contributed by atoms with Crippen molar-refractivity contribution in [3.05, 3.63) is 54.6 Å². The first-order valence-electron chi connectivity index (χ1n) is 15.1. The number of hydrogen-bond acceptors (Lipinski definition) is 2. The second-order valence-corrected chi connectivity index (χ2v) is 16.7. The molecule has 212 valence electrons. The zero-order chi connectivity index (χ0) is 26.3. The van der Waals surface area contributed by atoms with E-state index < -0.39 is 7.26 Å². The third-order valence-electron chi connectivity index (χ3n) is 8.77. The molecule has 0 heterocycles. The van der Waals surface area contributed by atoms with Crippen LogP contribution in [-0.4, -0.2) is 29.7 Å². The molecule has 38 heavy (non-hydrogen) atoms. The van der Waals surface area contributed by atoms with Gasteiger partial charge >= 0.3 is 248 Å². The molecule has 0 spiro atoms. The minimum atomic E-state index is -1.94. The van der Waals surface area contributed by atoms with Gasteiger partial charge in [-0.15, -0.1) is 0 Å². The SMILES string of the molecule is CC=CC[PH](c1ccccc1-c1c(OC(C)C)cccc1OC(C)C)(C1CCCCC1)C1CCCCC1.[Pd+2]. The molecule has 2 fully saturated rings. The smallest absolute Gasteiger partial charge is 2.00 e. The van der Waals surface area contributed by atoms with E-state index in [1.165, 1.54) is 81.5 Å².